The Hall–Kier alpha value is -0.690. The Labute approximate surface area is 117 Å². The van der Waals surface area contributed by atoms with Gasteiger partial charge in [-0.25, -0.2) is 12.8 Å². The normalized spacial score (nSPS) is 20.9. The predicted octanol–water partition coefficient (Wildman–Crippen LogP) is 1.85. The fourth-order valence-electron chi connectivity index (χ4n) is 2.37. The van der Waals surface area contributed by atoms with Gasteiger partial charge in [0.25, 0.3) is 0 Å². The molecule has 106 valence electrons. The Bertz CT molecular complexity index is 565. The molecule has 0 bridgehead atoms. The lowest BCUT2D eigenvalue weighted by molar-refractivity contribution is 0.377. The summed E-state index contributed by atoms with van der Waals surface area (Å²) in [4.78, 5) is -0.344. The summed E-state index contributed by atoms with van der Waals surface area (Å²) in [7, 11) is -2.06. The smallest absolute Gasteiger partial charge is 0.246 e. The van der Waals surface area contributed by atoms with Crippen molar-refractivity contribution in [1.82, 2.24) is 9.62 Å². The largest absolute Gasteiger partial charge is 0.318 e. The maximum absolute atomic E-state index is 13.9. The fraction of sp³-hybridized carbons (Fsp3) is 0.500. The molecule has 0 amide bonds. The molecule has 0 unspecified atom stereocenters. The van der Waals surface area contributed by atoms with Gasteiger partial charge in [-0.05, 0) is 32.0 Å². The number of hydrogen-bond acceptors (Lipinski definition) is 3. The van der Waals surface area contributed by atoms with E-state index < -0.39 is 15.8 Å². The van der Waals surface area contributed by atoms with Gasteiger partial charge in [-0.15, -0.1) is 0 Å². The second-order valence-electron chi connectivity index (χ2n) is 4.52. The molecule has 1 aliphatic heterocycles. The number of nitrogens with one attached hydrogen (secondary N) is 1. The summed E-state index contributed by atoms with van der Waals surface area (Å²) < 4.78 is 40.3. The van der Waals surface area contributed by atoms with E-state index >= 15 is 0 Å². The lowest BCUT2D eigenvalue weighted by Gasteiger charge is -2.24. The molecule has 1 fully saturated rings. The Morgan fingerprint density at radius 2 is 2.26 bits per heavy atom. The standard InChI is InChI=1S/C12H16ClFN2O2S/c1-15-8-9-4-3-7-16(9)19(17,18)11-6-2-5-10(13)12(11)14/h2,5-6,9,15H,3-4,7-8H2,1H3/t9-/m0/s1. The number of sulfonamides is 1. The molecule has 0 aromatic heterocycles. The summed E-state index contributed by atoms with van der Waals surface area (Å²) >= 11 is 5.65. The van der Waals surface area contributed by atoms with Gasteiger partial charge in [-0.1, -0.05) is 17.7 Å². The number of likely N-dealkylation sites (N-methyl/N-ethyl adjacent to an activating group) is 1. The van der Waals surface area contributed by atoms with Crippen molar-refractivity contribution in [3.8, 4) is 0 Å². The van der Waals surface area contributed by atoms with E-state index in [1.54, 1.807) is 7.05 Å². The highest BCUT2D eigenvalue weighted by Crippen LogP contribution is 2.29. The molecule has 1 aliphatic rings. The second-order valence-corrected chi connectivity index (χ2v) is 6.79. The Kier molecular flexibility index (Phi) is 4.45. The van der Waals surface area contributed by atoms with Gasteiger partial charge in [-0.2, -0.15) is 4.31 Å². The maximum atomic E-state index is 13.9. The van der Waals surface area contributed by atoms with E-state index in [1.165, 1.54) is 22.5 Å². The molecule has 19 heavy (non-hydrogen) atoms. The third kappa shape index (κ3) is 2.76. The Morgan fingerprint density at radius 3 is 2.95 bits per heavy atom. The van der Waals surface area contributed by atoms with Gasteiger partial charge in [0.1, 0.15) is 4.90 Å². The van der Waals surface area contributed by atoms with Crippen LogP contribution in [0, 0.1) is 5.82 Å². The molecule has 4 nitrogen and oxygen atoms in total. The molecule has 1 atom stereocenters. The zero-order valence-corrected chi connectivity index (χ0v) is 12.1. The van der Waals surface area contributed by atoms with Crippen LogP contribution in [0.1, 0.15) is 12.8 Å². The minimum Gasteiger partial charge on any atom is -0.318 e. The summed E-state index contributed by atoms with van der Waals surface area (Å²) in [5.41, 5.74) is 0. The van der Waals surface area contributed by atoms with Gasteiger partial charge in [-0.3, -0.25) is 0 Å². The van der Waals surface area contributed by atoms with E-state index in [2.05, 4.69) is 5.32 Å². The first-order valence-corrected chi connectivity index (χ1v) is 7.90. The molecule has 1 heterocycles. The van der Waals surface area contributed by atoms with Crippen molar-refractivity contribution in [3.63, 3.8) is 0 Å². The number of benzene rings is 1. The van der Waals surface area contributed by atoms with Crippen LogP contribution in [0.25, 0.3) is 0 Å². The van der Waals surface area contributed by atoms with Gasteiger partial charge in [0, 0.05) is 19.1 Å². The van der Waals surface area contributed by atoms with Crippen LogP contribution in [0.5, 0.6) is 0 Å². The fourth-order valence-corrected chi connectivity index (χ4v) is 4.39. The van der Waals surface area contributed by atoms with Crippen molar-refractivity contribution in [2.24, 2.45) is 0 Å². The summed E-state index contributed by atoms with van der Waals surface area (Å²) in [5, 5.41) is 2.79. The van der Waals surface area contributed by atoms with Gasteiger partial charge in [0.05, 0.1) is 5.02 Å². The molecule has 1 aromatic carbocycles. The Balaban J connectivity index is 2.39. The summed E-state index contributed by atoms with van der Waals surface area (Å²) in [6, 6.07) is 3.91. The van der Waals surface area contributed by atoms with Crippen LogP contribution in [-0.2, 0) is 10.0 Å². The molecule has 0 spiro atoms. The average molecular weight is 307 g/mol. The quantitative estimate of drug-likeness (QED) is 0.923. The molecular weight excluding hydrogens is 291 g/mol. The SMILES string of the molecule is CNC[C@@H]1CCCN1S(=O)(=O)c1cccc(Cl)c1F. The number of hydrogen-bond donors (Lipinski definition) is 1. The zero-order chi connectivity index (χ0) is 14.0. The van der Waals surface area contributed by atoms with Crippen LogP contribution < -0.4 is 5.32 Å². The van der Waals surface area contributed by atoms with E-state index in [-0.39, 0.29) is 16.0 Å². The van der Waals surface area contributed by atoms with Crippen molar-refractivity contribution in [2.75, 3.05) is 20.1 Å². The number of halogens is 2. The van der Waals surface area contributed by atoms with Crippen LogP contribution in [0.3, 0.4) is 0 Å². The topological polar surface area (TPSA) is 49.4 Å². The van der Waals surface area contributed by atoms with Crippen molar-refractivity contribution in [2.45, 2.75) is 23.8 Å². The molecule has 0 aliphatic carbocycles. The highest BCUT2D eigenvalue weighted by atomic mass is 35.5. The lowest BCUT2D eigenvalue weighted by atomic mass is 10.2. The third-order valence-electron chi connectivity index (χ3n) is 3.27. The third-order valence-corrected chi connectivity index (χ3v) is 5.53. The molecule has 1 saturated heterocycles. The monoisotopic (exact) mass is 306 g/mol. The van der Waals surface area contributed by atoms with Crippen LogP contribution in [0.4, 0.5) is 4.39 Å². The Morgan fingerprint density at radius 1 is 1.53 bits per heavy atom. The molecule has 1 N–H and O–H groups in total. The molecule has 7 heteroatoms. The van der Waals surface area contributed by atoms with Crippen LogP contribution in [0.2, 0.25) is 5.02 Å². The highest BCUT2D eigenvalue weighted by molar-refractivity contribution is 7.89. The van der Waals surface area contributed by atoms with E-state index in [4.69, 9.17) is 11.6 Å². The molecule has 1 aromatic rings. The minimum atomic E-state index is -3.83. The molecule has 2 rings (SSSR count). The van der Waals surface area contributed by atoms with Gasteiger partial charge < -0.3 is 5.32 Å². The summed E-state index contributed by atoms with van der Waals surface area (Å²) in [5.74, 6) is -0.876. The lowest BCUT2D eigenvalue weighted by Crippen LogP contribution is -2.41. The molecule has 0 radical (unpaired) electrons. The first-order chi connectivity index (χ1) is 8.98. The summed E-state index contributed by atoms with van der Waals surface area (Å²) in [6.45, 7) is 0.974. The van der Waals surface area contributed by atoms with Crippen molar-refractivity contribution >= 4 is 21.6 Å². The predicted molar refractivity (Wildman–Crippen MR) is 72.3 cm³/mol. The van der Waals surface area contributed by atoms with Gasteiger partial charge >= 0.3 is 0 Å². The van der Waals surface area contributed by atoms with E-state index in [0.29, 0.717) is 13.1 Å². The van der Waals surface area contributed by atoms with Gasteiger partial charge in [0.2, 0.25) is 10.0 Å². The van der Waals surface area contributed by atoms with E-state index in [0.717, 1.165) is 12.8 Å². The van der Waals surface area contributed by atoms with Crippen LogP contribution in [-0.4, -0.2) is 38.9 Å². The van der Waals surface area contributed by atoms with Crippen molar-refractivity contribution in [1.29, 1.82) is 0 Å². The van der Waals surface area contributed by atoms with Crippen LogP contribution >= 0.6 is 11.6 Å². The number of rotatable bonds is 4. The molecular formula is C12H16ClFN2O2S. The van der Waals surface area contributed by atoms with E-state index in [9.17, 15) is 12.8 Å². The second kappa shape index (κ2) is 5.75. The van der Waals surface area contributed by atoms with Crippen LogP contribution in [0.15, 0.2) is 23.1 Å². The molecule has 0 saturated carbocycles. The highest BCUT2D eigenvalue weighted by Gasteiger charge is 2.36. The first kappa shape index (κ1) is 14.7. The zero-order valence-electron chi connectivity index (χ0n) is 10.6. The van der Waals surface area contributed by atoms with Gasteiger partial charge in [0.15, 0.2) is 5.82 Å². The van der Waals surface area contributed by atoms with Crippen molar-refractivity contribution in [3.05, 3.63) is 29.0 Å². The first-order valence-electron chi connectivity index (χ1n) is 6.09. The van der Waals surface area contributed by atoms with E-state index in [1.807, 2.05) is 0 Å². The van der Waals surface area contributed by atoms with Crippen molar-refractivity contribution < 1.29 is 12.8 Å². The average Bonchev–Trinajstić information content (AvgIpc) is 2.82. The summed E-state index contributed by atoms with van der Waals surface area (Å²) in [6.07, 6.45) is 1.57. The maximum Gasteiger partial charge on any atom is 0.246 e. The number of nitrogens with zero attached hydrogens (tertiary/aromatic N) is 1. The minimum absolute atomic E-state index is 0.131.